The minimum atomic E-state index is -3.25. The van der Waals surface area contributed by atoms with Gasteiger partial charge in [-0.1, -0.05) is 18.9 Å². The van der Waals surface area contributed by atoms with Crippen LogP contribution in [0.1, 0.15) is 54.5 Å². The Kier molecular flexibility index (Phi) is 4.12. The first-order chi connectivity index (χ1) is 11.9. The second-order valence-electron chi connectivity index (χ2n) is 7.66. The zero-order chi connectivity index (χ0) is 17.7. The van der Waals surface area contributed by atoms with Crippen LogP contribution < -0.4 is 0 Å². The van der Waals surface area contributed by atoms with E-state index < -0.39 is 9.84 Å². The second kappa shape index (κ2) is 6.06. The van der Waals surface area contributed by atoms with Crippen LogP contribution in [0.2, 0.25) is 0 Å². The van der Waals surface area contributed by atoms with Gasteiger partial charge in [-0.2, -0.15) is 0 Å². The Balaban J connectivity index is 1.77. The zero-order valence-corrected chi connectivity index (χ0v) is 16.3. The molecule has 1 saturated carbocycles. The molecule has 2 heterocycles. The Morgan fingerprint density at radius 1 is 1.12 bits per heavy atom. The van der Waals surface area contributed by atoms with E-state index in [1.807, 2.05) is 17.4 Å². The van der Waals surface area contributed by atoms with Crippen LogP contribution in [0.25, 0.3) is 11.1 Å². The summed E-state index contributed by atoms with van der Waals surface area (Å²) in [5.74, 6) is 0. The Hall–Kier alpha value is -1.46. The van der Waals surface area contributed by atoms with Crippen LogP contribution in [0.3, 0.4) is 0 Å². The number of pyridine rings is 1. The number of aromatic nitrogens is 1. The monoisotopic (exact) mass is 373 g/mol. The fraction of sp³-hybridized carbons (Fsp3) is 0.450. The number of rotatable bonds is 3. The molecule has 1 fully saturated rings. The molecule has 2 aromatic heterocycles. The molecule has 25 heavy (non-hydrogen) atoms. The standard InChI is InChI=1S/C20H23NO2S2/c1-14-9-18(24-13-14)17-11-20(7-3-4-8-20)10-16(17)15-5-6-19(21-12-15)25(2,22)23/h5-6,9,12-13H,3-4,7-8,10-11H2,1-2H3. The van der Waals surface area contributed by atoms with E-state index in [9.17, 15) is 8.42 Å². The minimum Gasteiger partial charge on any atom is -0.244 e. The smallest absolute Gasteiger partial charge is 0.192 e. The van der Waals surface area contributed by atoms with E-state index in [1.165, 1.54) is 53.5 Å². The van der Waals surface area contributed by atoms with Crippen molar-refractivity contribution >= 4 is 32.3 Å². The Labute approximate surface area is 153 Å². The third kappa shape index (κ3) is 3.20. The zero-order valence-electron chi connectivity index (χ0n) is 14.7. The summed E-state index contributed by atoms with van der Waals surface area (Å²) in [5.41, 5.74) is 5.63. The van der Waals surface area contributed by atoms with E-state index in [0.717, 1.165) is 18.4 Å². The van der Waals surface area contributed by atoms with Crippen molar-refractivity contribution in [2.24, 2.45) is 5.41 Å². The van der Waals surface area contributed by atoms with Gasteiger partial charge in [0, 0.05) is 17.3 Å². The predicted molar refractivity (Wildman–Crippen MR) is 103 cm³/mol. The summed E-state index contributed by atoms with van der Waals surface area (Å²) in [5, 5.41) is 2.36. The van der Waals surface area contributed by atoms with Crippen molar-refractivity contribution < 1.29 is 8.42 Å². The highest BCUT2D eigenvalue weighted by atomic mass is 32.2. The van der Waals surface area contributed by atoms with Gasteiger partial charge in [-0.3, -0.25) is 0 Å². The topological polar surface area (TPSA) is 47.0 Å². The first kappa shape index (κ1) is 17.0. The average Bonchev–Trinajstić information content (AvgIpc) is 3.28. The highest BCUT2D eigenvalue weighted by Gasteiger charge is 2.41. The number of allylic oxidation sites excluding steroid dienone is 2. The molecule has 2 aliphatic rings. The molecule has 2 aromatic rings. The molecule has 3 nitrogen and oxygen atoms in total. The lowest BCUT2D eigenvalue weighted by Crippen LogP contribution is -2.11. The maximum Gasteiger partial charge on any atom is 0.192 e. The van der Waals surface area contributed by atoms with E-state index in [4.69, 9.17) is 0 Å². The number of aryl methyl sites for hydroxylation is 1. The molecule has 0 atom stereocenters. The first-order valence-electron chi connectivity index (χ1n) is 8.80. The van der Waals surface area contributed by atoms with Gasteiger partial charge in [0.1, 0.15) is 0 Å². The van der Waals surface area contributed by atoms with Crippen LogP contribution in [-0.2, 0) is 9.84 Å². The van der Waals surface area contributed by atoms with Crippen molar-refractivity contribution in [1.29, 1.82) is 0 Å². The quantitative estimate of drug-likeness (QED) is 0.750. The summed E-state index contributed by atoms with van der Waals surface area (Å²) in [6, 6.07) is 5.87. The van der Waals surface area contributed by atoms with Crippen LogP contribution in [0.15, 0.2) is 34.8 Å². The van der Waals surface area contributed by atoms with E-state index >= 15 is 0 Å². The van der Waals surface area contributed by atoms with Crippen molar-refractivity contribution in [3.05, 3.63) is 45.8 Å². The Morgan fingerprint density at radius 3 is 2.40 bits per heavy atom. The second-order valence-corrected chi connectivity index (χ2v) is 10.5. The lowest BCUT2D eigenvalue weighted by atomic mass is 9.81. The summed E-state index contributed by atoms with van der Waals surface area (Å²) in [6.45, 7) is 2.14. The lowest BCUT2D eigenvalue weighted by Gasteiger charge is -2.23. The van der Waals surface area contributed by atoms with Gasteiger partial charge in [0.2, 0.25) is 0 Å². The largest absolute Gasteiger partial charge is 0.244 e. The van der Waals surface area contributed by atoms with E-state index in [2.05, 4.69) is 23.4 Å². The molecular weight excluding hydrogens is 350 g/mol. The van der Waals surface area contributed by atoms with Gasteiger partial charge < -0.3 is 0 Å². The van der Waals surface area contributed by atoms with Crippen molar-refractivity contribution in [2.45, 2.75) is 50.5 Å². The molecule has 0 radical (unpaired) electrons. The van der Waals surface area contributed by atoms with Gasteiger partial charge in [0.15, 0.2) is 14.9 Å². The molecule has 0 amide bonds. The van der Waals surface area contributed by atoms with Crippen LogP contribution in [0, 0.1) is 12.3 Å². The van der Waals surface area contributed by atoms with Crippen LogP contribution >= 0.6 is 11.3 Å². The van der Waals surface area contributed by atoms with Gasteiger partial charge in [-0.15, -0.1) is 11.3 Å². The fourth-order valence-corrected chi connectivity index (χ4v) is 5.92. The third-order valence-electron chi connectivity index (χ3n) is 5.62. The number of sulfone groups is 1. The van der Waals surface area contributed by atoms with Crippen molar-refractivity contribution in [1.82, 2.24) is 4.98 Å². The number of thiophene rings is 1. The van der Waals surface area contributed by atoms with E-state index in [1.54, 1.807) is 12.3 Å². The van der Waals surface area contributed by atoms with Gasteiger partial charge >= 0.3 is 0 Å². The molecule has 0 saturated heterocycles. The van der Waals surface area contributed by atoms with Crippen molar-refractivity contribution in [2.75, 3.05) is 6.26 Å². The van der Waals surface area contributed by atoms with Gasteiger partial charge in [-0.25, -0.2) is 13.4 Å². The average molecular weight is 374 g/mol. The lowest BCUT2D eigenvalue weighted by molar-refractivity contribution is 0.330. The molecule has 5 heteroatoms. The SMILES string of the molecule is Cc1csc(C2=C(c3ccc(S(C)(=O)=O)nc3)CC3(CCCC3)C2)c1. The maximum absolute atomic E-state index is 11.7. The van der Waals surface area contributed by atoms with Crippen molar-refractivity contribution in [3.8, 4) is 0 Å². The van der Waals surface area contributed by atoms with E-state index in [-0.39, 0.29) is 5.03 Å². The van der Waals surface area contributed by atoms with Crippen molar-refractivity contribution in [3.63, 3.8) is 0 Å². The highest BCUT2D eigenvalue weighted by Crippen LogP contribution is 2.58. The Morgan fingerprint density at radius 2 is 1.84 bits per heavy atom. The highest BCUT2D eigenvalue weighted by molar-refractivity contribution is 7.90. The summed E-state index contributed by atoms with van der Waals surface area (Å²) < 4.78 is 23.4. The fourth-order valence-electron chi connectivity index (χ4n) is 4.38. The molecule has 0 aliphatic heterocycles. The third-order valence-corrected chi connectivity index (χ3v) is 7.73. The van der Waals surface area contributed by atoms with Gasteiger partial charge in [0.25, 0.3) is 0 Å². The van der Waals surface area contributed by atoms with Crippen LogP contribution in [0.4, 0.5) is 0 Å². The van der Waals surface area contributed by atoms with Crippen LogP contribution in [0.5, 0.6) is 0 Å². The normalized spacial score (nSPS) is 19.9. The number of hydrogen-bond acceptors (Lipinski definition) is 4. The molecular formula is C20H23NO2S2. The van der Waals surface area contributed by atoms with Gasteiger partial charge in [0.05, 0.1) is 0 Å². The first-order valence-corrected chi connectivity index (χ1v) is 11.6. The molecule has 0 unspecified atom stereocenters. The Bertz CT molecular complexity index is 930. The summed E-state index contributed by atoms with van der Waals surface area (Å²) in [4.78, 5) is 5.59. The molecule has 1 spiro atoms. The van der Waals surface area contributed by atoms with E-state index in [0.29, 0.717) is 5.41 Å². The maximum atomic E-state index is 11.7. The summed E-state index contributed by atoms with van der Waals surface area (Å²) in [7, 11) is -3.25. The van der Waals surface area contributed by atoms with Crippen LogP contribution in [-0.4, -0.2) is 19.7 Å². The number of hydrogen-bond donors (Lipinski definition) is 0. The molecule has 0 N–H and O–H groups in total. The molecule has 0 aromatic carbocycles. The molecule has 4 rings (SSSR count). The number of nitrogens with zero attached hydrogens (tertiary/aromatic N) is 1. The summed E-state index contributed by atoms with van der Waals surface area (Å²) in [6.07, 6.45) is 10.5. The summed E-state index contributed by atoms with van der Waals surface area (Å²) >= 11 is 1.82. The van der Waals surface area contributed by atoms with Gasteiger partial charge in [-0.05, 0) is 77.8 Å². The molecule has 2 aliphatic carbocycles. The molecule has 0 bridgehead atoms. The minimum absolute atomic E-state index is 0.152. The molecule has 132 valence electrons. The predicted octanol–water partition coefficient (Wildman–Crippen LogP) is 5.12.